The second kappa shape index (κ2) is 9.68. The summed E-state index contributed by atoms with van der Waals surface area (Å²) >= 11 is 0. The van der Waals surface area contributed by atoms with E-state index in [0.717, 1.165) is 23.3 Å². The standard InChI is InChI=1S/C25H24N2O6/c1-3-31-25(30)27-21(28)14-33-24(29)22-18-8-4-5-9-20(18)26-23-16(11-15(2)12-19(22)23)13-17-7-6-10-32-17/h4-10,13,15H,3,11-12,14H2,1-2H3,(H,27,28,30)/b16-13+. The van der Waals surface area contributed by atoms with Gasteiger partial charge in [-0.1, -0.05) is 25.1 Å². The first-order chi connectivity index (χ1) is 16.0. The number of furan rings is 1. The zero-order chi connectivity index (χ0) is 23.4. The second-order valence-electron chi connectivity index (χ2n) is 7.87. The summed E-state index contributed by atoms with van der Waals surface area (Å²) in [7, 11) is 0. The Balaban J connectivity index is 1.71. The summed E-state index contributed by atoms with van der Waals surface area (Å²) in [5.41, 5.74) is 3.52. The molecule has 2 heterocycles. The first-order valence-corrected chi connectivity index (χ1v) is 10.8. The number of carbonyl (C=O) groups excluding carboxylic acids is 3. The van der Waals surface area contributed by atoms with Gasteiger partial charge >= 0.3 is 12.1 Å². The van der Waals surface area contributed by atoms with Crippen LogP contribution in [0.15, 0.2) is 47.1 Å². The number of hydrogen-bond donors (Lipinski definition) is 1. The number of allylic oxidation sites excluding steroid dienone is 1. The van der Waals surface area contributed by atoms with Crippen LogP contribution in [0.3, 0.4) is 0 Å². The van der Waals surface area contributed by atoms with Crippen molar-refractivity contribution < 1.29 is 28.3 Å². The second-order valence-corrected chi connectivity index (χ2v) is 7.87. The molecule has 8 heteroatoms. The Hall–Kier alpha value is -3.94. The molecule has 0 bridgehead atoms. The lowest BCUT2D eigenvalue weighted by Crippen LogP contribution is -2.34. The molecule has 0 saturated carbocycles. The van der Waals surface area contributed by atoms with E-state index in [4.69, 9.17) is 14.1 Å². The monoisotopic (exact) mass is 448 g/mol. The van der Waals surface area contributed by atoms with E-state index in [-0.39, 0.29) is 12.5 Å². The summed E-state index contributed by atoms with van der Waals surface area (Å²) in [5, 5.41) is 2.67. The van der Waals surface area contributed by atoms with Gasteiger partial charge in [0.2, 0.25) is 0 Å². The largest absolute Gasteiger partial charge is 0.465 e. The lowest BCUT2D eigenvalue weighted by atomic mass is 9.81. The van der Waals surface area contributed by atoms with E-state index in [1.54, 1.807) is 13.2 Å². The lowest BCUT2D eigenvalue weighted by molar-refractivity contribution is -0.123. The Bertz CT molecular complexity index is 1230. The molecule has 0 radical (unpaired) electrons. The number of fused-ring (bicyclic) bond motifs is 2. The maximum absolute atomic E-state index is 13.2. The summed E-state index contributed by atoms with van der Waals surface area (Å²) in [6.07, 6.45) is 4.10. The molecule has 1 aliphatic rings. The van der Waals surface area contributed by atoms with Gasteiger partial charge in [0.1, 0.15) is 5.76 Å². The van der Waals surface area contributed by atoms with Crippen molar-refractivity contribution in [1.29, 1.82) is 0 Å². The predicted molar refractivity (Wildman–Crippen MR) is 121 cm³/mol. The topological polar surface area (TPSA) is 108 Å². The fourth-order valence-corrected chi connectivity index (χ4v) is 4.03. The number of nitrogens with zero attached hydrogens (tertiary/aromatic N) is 1. The van der Waals surface area contributed by atoms with Crippen molar-refractivity contribution >= 4 is 40.5 Å². The predicted octanol–water partition coefficient (Wildman–Crippen LogP) is 4.38. The quantitative estimate of drug-likeness (QED) is 0.577. The number of benzene rings is 1. The number of esters is 1. The van der Waals surface area contributed by atoms with Crippen molar-refractivity contribution in [2.75, 3.05) is 13.2 Å². The van der Waals surface area contributed by atoms with Gasteiger partial charge in [-0.25, -0.2) is 14.6 Å². The minimum absolute atomic E-state index is 0.125. The number of aromatic nitrogens is 1. The average Bonchev–Trinajstić information content (AvgIpc) is 3.29. The Labute approximate surface area is 190 Å². The van der Waals surface area contributed by atoms with E-state index < -0.39 is 24.6 Å². The molecule has 2 aromatic heterocycles. The van der Waals surface area contributed by atoms with E-state index in [1.807, 2.05) is 47.8 Å². The van der Waals surface area contributed by atoms with E-state index in [2.05, 4.69) is 11.7 Å². The molecule has 0 fully saturated rings. The van der Waals surface area contributed by atoms with Crippen molar-refractivity contribution in [1.82, 2.24) is 10.3 Å². The number of ether oxygens (including phenoxy) is 2. The van der Waals surface area contributed by atoms with Crippen LogP contribution in [0.2, 0.25) is 0 Å². The number of alkyl carbamates (subject to hydrolysis) is 1. The zero-order valence-electron chi connectivity index (χ0n) is 18.4. The molecule has 2 amide bonds. The van der Waals surface area contributed by atoms with Crippen LogP contribution >= 0.6 is 0 Å². The van der Waals surface area contributed by atoms with Crippen molar-refractivity contribution in [3.63, 3.8) is 0 Å². The molecule has 1 atom stereocenters. The highest BCUT2D eigenvalue weighted by molar-refractivity contribution is 6.07. The Morgan fingerprint density at radius 3 is 2.73 bits per heavy atom. The van der Waals surface area contributed by atoms with Crippen LogP contribution in [0.25, 0.3) is 22.6 Å². The maximum atomic E-state index is 13.2. The fourth-order valence-electron chi connectivity index (χ4n) is 4.03. The number of hydrogen-bond acceptors (Lipinski definition) is 7. The molecule has 3 aromatic rings. The molecule has 1 N–H and O–H groups in total. The lowest BCUT2D eigenvalue weighted by Gasteiger charge is -2.26. The van der Waals surface area contributed by atoms with Crippen molar-refractivity contribution in [3.05, 3.63) is 65.2 Å². The molecular weight excluding hydrogens is 424 g/mol. The SMILES string of the molecule is CCOC(=O)NC(=O)COC(=O)c1c2c(nc3ccccc13)/C(=C/c1ccco1)CC(C)C2. The van der Waals surface area contributed by atoms with Gasteiger partial charge < -0.3 is 13.9 Å². The molecule has 1 aromatic carbocycles. The van der Waals surface area contributed by atoms with E-state index in [0.29, 0.717) is 28.6 Å². The van der Waals surface area contributed by atoms with Gasteiger partial charge in [0.25, 0.3) is 5.91 Å². The smallest absolute Gasteiger partial charge is 0.413 e. The highest BCUT2D eigenvalue weighted by atomic mass is 16.6. The molecule has 0 aliphatic heterocycles. The van der Waals surface area contributed by atoms with Crippen molar-refractivity contribution in [2.45, 2.75) is 26.7 Å². The van der Waals surface area contributed by atoms with Gasteiger partial charge in [-0.3, -0.25) is 10.1 Å². The van der Waals surface area contributed by atoms with Gasteiger partial charge in [-0.15, -0.1) is 0 Å². The molecule has 1 unspecified atom stereocenters. The third-order valence-corrected chi connectivity index (χ3v) is 5.33. The Kier molecular flexibility index (Phi) is 6.53. The van der Waals surface area contributed by atoms with Crippen molar-refractivity contribution in [2.24, 2.45) is 5.92 Å². The highest BCUT2D eigenvalue weighted by Gasteiger charge is 2.29. The minimum atomic E-state index is -0.883. The number of para-hydroxylation sites is 1. The van der Waals surface area contributed by atoms with Gasteiger partial charge in [0.05, 0.1) is 29.6 Å². The van der Waals surface area contributed by atoms with Crippen molar-refractivity contribution in [3.8, 4) is 0 Å². The molecule has 1 aliphatic carbocycles. The van der Waals surface area contributed by atoms with Gasteiger partial charge in [0, 0.05) is 5.39 Å². The molecular formula is C25H24N2O6. The summed E-state index contributed by atoms with van der Waals surface area (Å²) < 4.78 is 15.5. The van der Waals surface area contributed by atoms with Gasteiger partial charge in [0.15, 0.2) is 6.61 Å². The molecule has 170 valence electrons. The van der Waals surface area contributed by atoms with Crippen LogP contribution in [-0.4, -0.2) is 36.2 Å². The van der Waals surface area contributed by atoms with Gasteiger partial charge in [-0.2, -0.15) is 0 Å². The fraction of sp³-hybridized carbons (Fsp3) is 0.280. The summed E-state index contributed by atoms with van der Waals surface area (Å²) in [5.74, 6) is -0.434. The molecule has 4 rings (SSSR count). The van der Waals surface area contributed by atoms with E-state index >= 15 is 0 Å². The minimum Gasteiger partial charge on any atom is -0.465 e. The molecule has 8 nitrogen and oxygen atoms in total. The first-order valence-electron chi connectivity index (χ1n) is 10.8. The summed E-state index contributed by atoms with van der Waals surface area (Å²) in [6, 6.07) is 11.0. The third-order valence-electron chi connectivity index (χ3n) is 5.33. The number of rotatable bonds is 5. The summed E-state index contributed by atoms with van der Waals surface area (Å²) in [4.78, 5) is 41.4. The number of carbonyl (C=O) groups is 3. The Morgan fingerprint density at radius 2 is 1.97 bits per heavy atom. The first kappa shape index (κ1) is 22.3. The molecule has 33 heavy (non-hydrogen) atoms. The maximum Gasteiger partial charge on any atom is 0.413 e. The number of amides is 2. The number of pyridine rings is 1. The highest BCUT2D eigenvalue weighted by Crippen LogP contribution is 2.38. The van der Waals surface area contributed by atoms with Crippen LogP contribution in [0.5, 0.6) is 0 Å². The Morgan fingerprint density at radius 1 is 1.15 bits per heavy atom. The molecule has 0 spiro atoms. The third kappa shape index (κ3) is 4.95. The number of imide groups is 1. The van der Waals surface area contributed by atoms with Crippen LogP contribution in [0, 0.1) is 5.92 Å². The van der Waals surface area contributed by atoms with E-state index in [1.165, 1.54) is 0 Å². The van der Waals surface area contributed by atoms with Crippen LogP contribution in [0.4, 0.5) is 4.79 Å². The average molecular weight is 448 g/mol. The molecule has 0 saturated heterocycles. The van der Waals surface area contributed by atoms with Crippen LogP contribution in [-0.2, 0) is 20.7 Å². The normalized spacial score (nSPS) is 16.3. The number of nitrogens with one attached hydrogen (secondary N) is 1. The zero-order valence-corrected chi connectivity index (χ0v) is 18.4. The summed E-state index contributed by atoms with van der Waals surface area (Å²) in [6.45, 7) is 3.25. The van der Waals surface area contributed by atoms with Crippen LogP contribution in [0.1, 0.15) is 47.6 Å². The van der Waals surface area contributed by atoms with Gasteiger partial charge in [-0.05, 0) is 61.1 Å². The van der Waals surface area contributed by atoms with E-state index in [9.17, 15) is 14.4 Å². The van der Waals surface area contributed by atoms with Crippen LogP contribution < -0.4 is 5.32 Å².